The lowest BCUT2D eigenvalue weighted by molar-refractivity contribution is -0.149. The van der Waals surface area contributed by atoms with Crippen LogP contribution in [0.1, 0.15) is 39.5 Å². The molecule has 1 amide bonds. The van der Waals surface area contributed by atoms with Gasteiger partial charge in [-0.05, 0) is 19.3 Å². The molecule has 5 N–H and O–H groups in total. The number of nitrogens with one attached hydrogen (secondary N) is 1. The van der Waals surface area contributed by atoms with Gasteiger partial charge in [0.25, 0.3) is 0 Å². The fourth-order valence-electron chi connectivity index (χ4n) is 1.68. The molecule has 0 rings (SSSR count). The van der Waals surface area contributed by atoms with Crippen molar-refractivity contribution in [2.24, 2.45) is 11.1 Å². The summed E-state index contributed by atoms with van der Waals surface area (Å²) in [4.78, 5) is 33.2. The molecule has 0 spiro atoms. The van der Waals surface area contributed by atoms with Crippen molar-refractivity contribution in [2.45, 2.75) is 45.6 Å². The van der Waals surface area contributed by atoms with E-state index >= 15 is 0 Å². The minimum atomic E-state index is -1.02. The molecular weight excluding hydrogens is 252 g/mol. The summed E-state index contributed by atoms with van der Waals surface area (Å²) < 4.78 is 0. The van der Waals surface area contributed by atoms with E-state index in [1.54, 1.807) is 13.8 Å². The highest BCUT2D eigenvalue weighted by Gasteiger charge is 2.35. The number of carboxylic acid groups (broad SMARTS) is 2. The molecule has 0 aliphatic carbocycles. The molecule has 0 aromatic rings. The molecule has 1 atom stereocenters. The number of amides is 1. The van der Waals surface area contributed by atoms with Crippen molar-refractivity contribution in [3.8, 4) is 0 Å². The molecule has 0 aromatic carbocycles. The molecule has 0 aliphatic rings. The first-order chi connectivity index (χ1) is 8.79. The van der Waals surface area contributed by atoms with Crippen molar-refractivity contribution in [1.29, 1.82) is 0 Å². The van der Waals surface area contributed by atoms with E-state index in [4.69, 9.17) is 10.8 Å². The van der Waals surface area contributed by atoms with Crippen LogP contribution in [0.15, 0.2) is 0 Å². The van der Waals surface area contributed by atoms with Gasteiger partial charge in [0.2, 0.25) is 5.91 Å². The van der Waals surface area contributed by atoms with Crippen LogP contribution in [0.2, 0.25) is 0 Å². The summed E-state index contributed by atoms with van der Waals surface area (Å²) in [5.41, 5.74) is 4.53. The summed E-state index contributed by atoms with van der Waals surface area (Å²) in [5.74, 6) is -2.50. The van der Waals surface area contributed by atoms with Crippen molar-refractivity contribution in [3.05, 3.63) is 0 Å². The topological polar surface area (TPSA) is 130 Å². The van der Waals surface area contributed by atoms with Crippen LogP contribution in [0.3, 0.4) is 0 Å². The highest BCUT2D eigenvalue weighted by atomic mass is 16.4. The first kappa shape index (κ1) is 17.4. The van der Waals surface area contributed by atoms with Gasteiger partial charge in [-0.3, -0.25) is 14.4 Å². The van der Waals surface area contributed by atoms with Crippen molar-refractivity contribution in [2.75, 3.05) is 6.54 Å². The second-order valence-electron chi connectivity index (χ2n) is 4.55. The summed E-state index contributed by atoms with van der Waals surface area (Å²) in [6.45, 7) is 3.48. The van der Waals surface area contributed by atoms with Crippen molar-refractivity contribution >= 4 is 17.8 Å². The van der Waals surface area contributed by atoms with Gasteiger partial charge < -0.3 is 21.3 Å². The molecule has 0 aromatic heterocycles. The lowest BCUT2D eigenvalue weighted by atomic mass is 9.82. The zero-order chi connectivity index (χ0) is 15.1. The fourth-order valence-corrected chi connectivity index (χ4v) is 1.68. The number of carbonyl (C=O) groups is 3. The van der Waals surface area contributed by atoms with Gasteiger partial charge in [0.1, 0.15) is 0 Å². The Morgan fingerprint density at radius 2 is 1.74 bits per heavy atom. The van der Waals surface area contributed by atoms with E-state index in [0.29, 0.717) is 12.8 Å². The molecule has 110 valence electrons. The van der Waals surface area contributed by atoms with E-state index in [1.165, 1.54) is 0 Å². The molecule has 0 saturated heterocycles. The quantitative estimate of drug-likeness (QED) is 0.474. The number of hydrogen-bond acceptors (Lipinski definition) is 4. The standard InChI is InChI=1S/C12H22N2O5/c1-3-12(4-2,11(18)19)7-14-10(17)8(13)5-6-9(15)16/h8H,3-7,13H2,1-2H3,(H,14,17)(H,15,16)(H,18,19). The Hall–Kier alpha value is -1.63. The first-order valence-corrected chi connectivity index (χ1v) is 6.27. The summed E-state index contributed by atoms with van der Waals surface area (Å²) in [6, 6.07) is -0.934. The molecule has 7 nitrogen and oxygen atoms in total. The van der Waals surface area contributed by atoms with Crippen molar-refractivity contribution < 1.29 is 24.6 Å². The summed E-state index contributed by atoms with van der Waals surface area (Å²) in [6.07, 6.45) is 0.618. The second kappa shape index (κ2) is 7.73. The van der Waals surface area contributed by atoms with Gasteiger partial charge in [0.05, 0.1) is 11.5 Å². The van der Waals surface area contributed by atoms with E-state index in [2.05, 4.69) is 5.32 Å². The highest BCUT2D eigenvalue weighted by Crippen LogP contribution is 2.25. The van der Waals surface area contributed by atoms with E-state index in [-0.39, 0.29) is 19.4 Å². The Morgan fingerprint density at radius 3 is 2.11 bits per heavy atom. The minimum absolute atomic E-state index is 0.00502. The molecule has 0 heterocycles. The zero-order valence-electron chi connectivity index (χ0n) is 11.3. The van der Waals surface area contributed by atoms with Gasteiger partial charge in [0, 0.05) is 13.0 Å². The Bertz CT molecular complexity index is 339. The van der Waals surface area contributed by atoms with Gasteiger partial charge in [-0.25, -0.2) is 0 Å². The highest BCUT2D eigenvalue weighted by molar-refractivity contribution is 5.83. The first-order valence-electron chi connectivity index (χ1n) is 6.27. The van der Waals surface area contributed by atoms with E-state index in [0.717, 1.165) is 0 Å². The normalized spacial score (nSPS) is 12.8. The van der Waals surface area contributed by atoms with Crippen LogP contribution in [0.25, 0.3) is 0 Å². The molecule has 0 aliphatic heterocycles. The van der Waals surface area contributed by atoms with Crippen molar-refractivity contribution in [3.63, 3.8) is 0 Å². The largest absolute Gasteiger partial charge is 0.481 e. The number of carboxylic acids is 2. The Kier molecular flexibility index (Phi) is 7.06. The van der Waals surface area contributed by atoms with E-state index in [1.807, 2.05) is 0 Å². The van der Waals surface area contributed by atoms with Crippen LogP contribution in [0.5, 0.6) is 0 Å². The van der Waals surface area contributed by atoms with Crippen LogP contribution in [-0.2, 0) is 14.4 Å². The van der Waals surface area contributed by atoms with Crippen molar-refractivity contribution in [1.82, 2.24) is 5.32 Å². The molecule has 0 fully saturated rings. The number of aliphatic carboxylic acids is 2. The molecule has 0 bridgehead atoms. The maximum atomic E-state index is 11.6. The maximum absolute atomic E-state index is 11.6. The van der Waals surface area contributed by atoms with Crippen LogP contribution < -0.4 is 11.1 Å². The van der Waals surface area contributed by atoms with E-state index < -0.39 is 29.3 Å². The average Bonchev–Trinajstić information content (AvgIpc) is 2.36. The molecule has 0 saturated carbocycles. The van der Waals surface area contributed by atoms with Gasteiger partial charge in [-0.1, -0.05) is 13.8 Å². The maximum Gasteiger partial charge on any atom is 0.311 e. The number of rotatable bonds is 9. The Balaban J connectivity index is 4.40. The van der Waals surface area contributed by atoms with Gasteiger partial charge >= 0.3 is 11.9 Å². The van der Waals surface area contributed by atoms with Gasteiger partial charge in [-0.2, -0.15) is 0 Å². The Labute approximate surface area is 112 Å². The molecule has 1 unspecified atom stereocenters. The lowest BCUT2D eigenvalue weighted by Gasteiger charge is -2.27. The van der Waals surface area contributed by atoms with Gasteiger partial charge in [-0.15, -0.1) is 0 Å². The lowest BCUT2D eigenvalue weighted by Crippen LogP contribution is -2.47. The second-order valence-corrected chi connectivity index (χ2v) is 4.55. The molecule has 7 heteroatoms. The number of hydrogen-bond donors (Lipinski definition) is 4. The predicted octanol–water partition coefficient (Wildman–Crippen LogP) is 0.186. The zero-order valence-corrected chi connectivity index (χ0v) is 11.3. The SMILES string of the molecule is CCC(CC)(CNC(=O)C(N)CCC(=O)O)C(=O)O. The average molecular weight is 274 g/mol. The Morgan fingerprint density at radius 1 is 1.21 bits per heavy atom. The van der Waals surface area contributed by atoms with Crippen LogP contribution in [0.4, 0.5) is 0 Å². The molecule has 19 heavy (non-hydrogen) atoms. The predicted molar refractivity (Wildman–Crippen MR) is 68.5 cm³/mol. The fraction of sp³-hybridized carbons (Fsp3) is 0.750. The van der Waals surface area contributed by atoms with Crippen LogP contribution >= 0.6 is 0 Å². The van der Waals surface area contributed by atoms with Gasteiger partial charge in [0.15, 0.2) is 0 Å². The smallest absolute Gasteiger partial charge is 0.311 e. The molecular formula is C12H22N2O5. The monoisotopic (exact) mass is 274 g/mol. The third-order valence-corrected chi connectivity index (χ3v) is 3.41. The summed E-state index contributed by atoms with van der Waals surface area (Å²) in [7, 11) is 0. The third kappa shape index (κ3) is 5.25. The van der Waals surface area contributed by atoms with E-state index in [9.17, 15) is 19.5 Å². The third-order valence-electron chi connectivity index (χ3n) is 3.41. The summed E-state index contributed by atoms with van der Waals surface area (Å²) >= 11 is 0. The minimum Gasteiger partial charge on any atom is -0.481 e. The number of nitrogens with two attached hydrogens (primary N) is 1. The van der Waals surface area contributed by atoms with Crippen LogP contribution in [-0.4, -0.2) is 40.6 Å². The molecule has 0 radical (unpaired) electrons. The summed E-state index contributed by atoms with van der Waals surface area (Å²) in [5, 5.41) is 20.2. The number of carbonyl (C=O) groups excluding carboxylic acids is 1. The van der Waals surface area contributed by atoms with Crippen LogP contribution in [0, 0.1) is 5.41 Å².